The summed E-state index contributed by atoms with van der Waals surface area (Å²) in [6, 6.07) is 36.0. The maximum Gasteiger partial charge on any atom is 0.0657 e. The lowest BCUT2D eigenvalue weighted by Gasteiger charge is -2.36. The zero-order valence-corrected chi connectivity index (χ0v) is 30.2. The van der Waals surface area contributed by atoms with Crippen LogP contribution in [0.4, 0.5) is 5.69 Å². The minimum absolute atomic E-state index is 0.210. The molecule has 0 N–H and O–H groups in total. The average molecular weight is 623 g/mol. The SMILES string of the molecule is CCN(CC)c1ccc(C(=C2C=CC(=NCc3ccc(C(CC(C)(C)C)C(C)(C)C)cc3)c3ccccc32)c2ccc(C)cc2)cc1. The van der Waals surface area contributed by atoms with Crippen molar-refractivity contribution < 1.29 is 0 Å². The molecule has 5 rings (SSSR count). The molecule has 0 fully saturated rings. The molecule has 244 valence electrons. The molecule has 2 nitrogen and oxygen atoms in total. The highest BCUT2D eigenvalue weighted by atomic mass is 15.1. The molecule has 0 aromatic heterocycles. The summed E-state index contributed by atoms with van der Waals surface area (Å²) >= 11 is 0. The molecule has 4 aromatic carbocycles. The summed E-state index contributed by atoms with van der Waals surface area (Å²) in [7, 11) is 0. The van der Waals surface area contributed by atoms with Crippen LogP contribution in [0.25, 0.3) is 11.1 Å². The second-order valence-corrected chi connectivity index (χ2v) is 15.4. The van der Waals surface area contributed by atoms with E-state index in [0.29, 0.717) is 12.5 Å². The van der Waals surface area contributed by atoms with Crippen molar-refractivity contribution in [3.05, 3.63) is 148 Å². The Labute approximate surface area is 285 Å². The van der Waals surface area contributed by atoms with Gasteiger partial charge in [-0.2, -0.15) is 0 Å². The van der Waals surface area contributed by atoms with E-state index < -0.39 is 0 Å². The first-order valence-electron chi connectivity index (χ1n) is 17.5. The fraction of sp³-hybridized carbons (Fsp3) is 0.356. The van der Waals surface area contributed by atoms with Gasteiger partial charge < -0.3 is 4.90 Å². The lowest BCUT2D eigenvalue weighted by atomic mass is 9.69. The van der Waals surface area contributed by atoms with Crippen molar-refractivity contribution in [3.8, 4) is 0 Å². The zero-order valence-electron chi connectivity index (χ0n) is 30.2. The standard InChI is InChI=1S/C45H54N2/c1-10-47(11-2)37-26-24-36(25-27-37)43(35-20-16-32(3)17-21-35)40-28-29-42(39-15-13-12-14-38(39)40)46-31-33-18-22-34(23-19-33)41(45(7,8)9)30-44(4,5)6/h12-29,41H,10-11,30-31H2,1-9H3. The van der Waals surface area contributed by atoms with Gasteiger partial charge in [0.2, 0.25) is 0 Å². The van der Waals surface area contributed by atoms with Crippen LogP contribution in [-0.2, 0) is 6.54 Å². The van der Waals surface area contributed by atoms with Crippen molar-refractivity contribution in [3.63, 3.8) is 0 Å². The highest BCUT2D eigenvalue weighted by Crippen LogP contribution is 2.43. The third-order valence-corrected chi connectivity index (χ3v) is 9.47. The maximum absolute atomic E-state index is 5.18. The summed E-state index contributed by atoms with van der Waals surface area (Å²) in [6.07, 6.45) is 5.65. The number of anilines is 1. The van der Waals surface area contributed by atoms with Crippen molar-refractivity contribution in [2.24, 2.45) is 15.8 Å². The predicted molar refractivity (Wildman–Crippen MR) is 206 cm³/mol. The molecule has 0 saturated heterocycles. The molecule has 0 heterocycles. The molecule has 0 bridgehead atoms. The van der Waals surface area contributed by atoms with Crippen molar-refractivity contribution in [2.75, 3.05) is 18.0 Å². The highest BCUT2D eigenvalue weighted by Gasteiger charge is 2.30. The first-order valence-corrected chi connectivity index (χ1v) is 17.5. The molecule has 1 aliphatic rings. The number of allylic oxidation sites excluding steroid dienone is 3. The Morgan fingerprint density at radius 3 is 1.81 bits per heavy atom. The van der Waals surface area contributed by atoms with Crippen LogP contribution in [0, 0.1) is 17.8 Å². The third kappa shape index (κ3) is 8.22. The lowest BCUT2D eigenvalue weighted by molar-refractivity contribution is 0.229. The molecule has 1 unspecified atom stereocenters. The second kappa shape index (κ2) is 14.3. The number of benzene rings is 4. The van der Waals surface area contributed by atoms with Crippen molar-refractivity contribution in [2.45, 2.75) is 81.2 Å². The van der Waals surface area contributed by atoms with Gasteiger partial charge >= 0.3 is 0 Å². The molecule has 1 atom stereocenters. The summed E-state index contributed by atoms with van der Waals surface area (Å²) in [5.41, 5.74) is 14.1. The number of fused-ring (bicyclic) bond motifs is 1. The molecule has 0 spiro atoms. The molecule has 1 aliphatic carbocycles. The zero-order chi connectivity index (χ0) is 33.8. The van der Waals surface area contributed by atoms with Gasteiger partial charge in [-0.05, 0) is 101 Å². The van der Waals surface area contributed by atoms with Crippen LogP contribution in [0.3, 0.4) is 0 Å². The number of hydrogen-bond donors (Lipinski definition) is 0. The minimum Gasteiger partial charge on any atom is -0.372 e. The van der Waals surface area contributed by atoms with Gasteiger partial charge in [0.25, 0.3) is 0 Å². The Bertz CT molecular complexity index is 1730. The van der Waals surface area contributed by atoms with Crippen LogP contribution >= 0.6 is 0 Å². The third-order valence-electron chi connectivity index (χ3n) is 9.47. The number of rotatable bonds is 9. The molecule has 2 heteroatoms. The number of hydrogen-bond acceptors (Lipinski definition) is 2. The first kappa shape index (κ1) is 34.2. The summed E-state index contributed by atoms with van der Waals surface area (Å²) in [5, 5.41) is 0. The van der Waals surface area contributed by atoms with Crippen molar-refractivity contribution in [1.82, 2.24) is 0 Å². The van der Waals surface area contributed by atoms with E-state index >= 15 is 0 Å². The summed E-state index contributed by atoms with van der Waals surface area (Å²) < 4.78 is 0. The van der Waals surface area contributed by atoms with Crippen LogP contribution in [-0.4, -0.2) is 18.8 Å². The van der Waals surface area contributed by atoms with Gasteiger partial charge in [-0.1, -0.05) is 138 Å². The quantitative estimate of drug-likeness (QED) is 0.181. The number of nitrogens with zero attached hydrogens (tertiary/aromatic N) is 2. The first-order chi connectivity index (χ1) is 22.4. The topological polar surface area (TPSA) is 15.6 Å². The van der Waals surface area contributed by atoms with E-state index in [4.69, 9.17) is 4.99 Å². The van der Waals surface area contributed by atoms with E-state index in [1.807, 2.05) is 0 Å². The number of aliphatic imine (C=N–C) groups is 1. The fourth-order valence-corrected chi connectivity index (χ4v) is 6.83. The lowest BCUT2D eigenvalue weighted by Crippen LogP contribution is -2.23. The van der Waals surface area contributed by atoms with E-state index in [2.05, 4.69) is 176 Å². The monoisotopic (exact) mass is 622 g/mol. The van der Waals surface area contributed by atoms with Crippen LogP contribution in [0.5, 0.6) is 0 Å². The van der Waals surface area contributed by atoms with E-state index in [0.717, 1.165) is 18.8 Å². The summed E-state index contributed by atoms with van der Waals surface area (Å²) in [5.74, 6) is 0.511. The van der Waals surface area contributed by atoms with E-state index in [9.17, 15) is 0 Å². The Balaban J connectivity index is 1.50. The van der Waals surface area contributed by atoms with Gasteiger partial charge in [-0.25, -0.2) is 0 Å². The highest BCUT2D eigenvalue weighted by molar-refractivity contribution is 6.19. The van der Waals surface area contributed by atoms with Crippen LogP contribution < -0.4 is 4.90 Å². The maximum atomic E-state index is 5.18. The van der Waals surface area contributed by atoms with Gasteiger partial charge in [0.15, 0.2) is 0 Å². The molecule has 47 heavy (non-hydrogen) atoms. The summed E-state index contributed by atoms with van der Waals surface area (Å²) in [4.78, 5) is 7.57. The second-order valence-electron chi connectivity index (χ2n) is 15.4. The molecule has 0 saturated carbocycles. The minimum atomic E-state index is 0.210. The molecule has 0 aliphatic heterocycles. The van der Waals surface area contributed by atoms with Gasteiger partial charge in [-0.15, -0.1) is 0 Å². The van der Waals surface area contributed by atoms with Crippen LogP contribution in [0.15, 0.2) is 114 Å². The molecular formula is C45H54N2. The average Bonchev–Trinajstić information content (AvgIpc) is 3.05. The van der Waals surface area contributed by atoms with Gasteiger partial charge in [0.1, 0.15) is 0 Å². The molecule has 4 aromatic rings. The molecule has 0 amide bonds. The Morgan fingerprint density at radius 2 is 1.26 bits per heavy atom. The fourth-order valence-electron chi connectivity index (χ4n) is 6.83. The Morgan fingerprint density at radius 1 is 0.681 bits per heavy atom. The number of aryl methyl sites for hydroxylation is 1. The molecular weight excluding hydrogens is 569 g/mol. The van der Waals surface area contributed by atoms with Gasteiger partial charge in [-0.3, -0.25) is 4.99 Å². The van der Waals surface area contributed by atoms with E-state index in [-0.39, 0.29) is 10.8 Å². The smallest absolute Gasteiger partial charge is 0.0657 e. The van der Waals surface area contributed by atoms with E-state index in [1.54, 1.807) is 0 Å². The molecule has 0 radical (unpaired) electrons. The van der Waals surface area contributed by atoms with Crippen LogP contribution in [0.1, 0.15) is 107 Å². The Kier molecular flexibility index (Phi) is 10.4. The Hall–Kier alpha value is -4.17. The van der Waals surface area contributed by atoms with Crippen LogP contribution in [0.2, 0.25) is 0 Å². The van der Waals surface area contributed by atoms with Crippen molar-refractivity contribution >= 4 is 22.5 Å². The van der Waals surface area contributed by atoms with Gasteiger partial charge in [0.05, 0.1) is 12.3 Å². The van der Waals surface area contributed by atoms with E-state index in [1.165, 1.54) is 62.2 Å². The van der Waals surface area contributed by atoms with Crippen molar-refractivity contribution in [1.29, 1.82) is 0 Å². The summed E-state index contributed by atoms with van der Waals surface area (Å²) in [6.45, 7) is 23.4. The van der Waals surface area contributed by atoms with Gasteiger partial charge in [0, 0.05) is 24.3 Å². The largest absolute Gasteiger partial charge is 0.372 e. The predicted octanol–water partition coefficient (Wildman–Crippen LogP) is 11.9. The normalized spacial score (nSPS) is 15.8.